The summed E-state index contributed by atoms with van der Waals surface area (Å²) in [6.45, 7) is 4.93. The topological polar surface area (TPSA) is 60.5 Å². The van der Waals surface area contributed by atoms with Crippen LogP contribution in [0.25, 0.3) is 0 Å². The first-order valence-corrected chi connectivity index (χ1v) is 7.81. The van der Waals surface area contributed by atoms with E-state index >= 15 is 0 Å². The number of carbonyl (C=O) groups is 1. The van der Waals surface area contributed by atoms with Crippen LogP contribution in [0.5, 0.6) is 11.5 Å². The quantitative estimate of drug-likeness (QED) is 0.810. The number of ether oxygens (including phenoxy) is 2. The Morgan fingerprint density at radius 1 is 1.17 bits per heavy atom. The van der Waals surface area contributed by atoms with Crippen molar-refractivity contribution in [1.82, 2.24) is 4.98 Å². The molecule has 0 fully saturated rings. The fourth-order valence-electron chi connectivity index (χ4n) is 2.16. The van der Waals surface area contributed by atoms with Crippen LogP contribution in [0.1, 0.15) is 25.8 Å². The van der Waals surface area contributed by atoms with Crippen LogP contribution in [0, 0.1) is 0 Å². The minimum absolute atomic E-state index is 0.0662. The molecule has 1 aromatic carbocycles. The van der Waals surface area contributed by atoms with Crippen molar-refractivity contribution in [2.24, 2.45) is 0 Å². The summed E-state index contributed by atoms with van der Waals surface area (Å²) in [6.07, 6.45) is 4.52. The van der Waals surface area contributed by atoms with E-state index in [4.69, 9.17) is 9.47 Å². The Morgan fingerprint density at radius 3 is 2.70 bits per heavy atom. The predicted molar refractivity (Wildman–Crippen MR) is 90.0 cm³/mol. The number of rotatable bonds is 8. The summed E-state index contributed by atoms with van der Waals surface area (Å²) in [7, 11) is 0. The van der Waals surface area contributed by atoms with E-state index in [2.05, 4.69) is 10.3 Å². The minimum Gasteiger partial charge on any atom is -0.494 e. The van der Waals surface area contributed by atoms with Gasteiger partial charge in [-0.15, -0.1) is 0 Å². The van der Waals surface area contributed by atoms with Crippen molar-refractivity contribution in [2.45, 2.75) is 26.7 Å². The number of carbonyl (C=O) groups excluding carboxylic acids is 1. The molecular weight excluding hydrogens is 292 g/mol. The predicted octanol–water partition coefficient (Wildman–Crippen LogP) is 3.45. The first-order valence-electron chi connectivity index (χ1n) is 7.81. The van der Waals surface area contributed by atoms with Gasteiger partial charge in [-0.3, -0.25) is 9.78 Å². The Bertz CT molecular complexity index is 629. The highest BCUT2D eigenvalue weighted by Crippen LogP contribution is 2.29. The molecule has 1 amide bonds. The summed E-state index contributed by atoms with van der Waals surface area (Å²) in [6, 6.07) is 9.26. The molecule has 0 radical (unpaired) electrons. The highest BCUT2D eigenvalue weighted by Gasteiger charge is 2.10. The summed E-state index contributed by atoms with van der Waals surface area (Å²) in [5, 5.41) is 2.90. The van der Waals surface area contributed by atoms with E-state index in [1.807, 2.05) is 38.1 Å². The van der Waals surface area contributed by atoms with Gasteiger partial charge in [-0.05, 0) is 44.0 Å². The number of nitrogens with zero attached hydrogens (tertiary/aromatic N) is 1. The lowest BCUT2D eigenvalue weighted by atomic mass is 10.1. The number of hydrogen-bond donors (Lipinski definition) is 1. The zero-order valence-corrected chi connectivity index (χ0v) is 13.5. The van der Waals surface area contributed by atoms with E-state index in [1.165, 1.54) is 0 Å². The smallest absolute Gasteiger partial charge is 0.224 e. The van der Waals surface area contributed by atoms with Crippen LogP contribution in [0.3, 0.4) is 0 Å². The number of pyridine rings is 1. The van der Waals surface area contributed by atoms with Crippen molar-refractivity contribution in [2.75, 3.05) is 18.5 Å². The fourth-order valence-corrected chi connectivity index (χ4v) is 2.16. The lowest BCUT2D eigenvalue weighted by Crippen LogP contribution is -2.13. The normalized spacial score (nSPS) is 10.2. The second kappa shape index (κ2) is 8.78. The molecule has 0 saturated carbocycles. The van der Waals surface area contributed by atoms with E-state index < -0.39 is 0 Å². The Balaban J connectivity index is 2.01. The molecule has 1 N–H and O–H groups in total. The minimum atomic E-state index is -0.0662. The molecule has 23 heavy (non-hydrogen) atoms. The molecule has 0 saturated heterocycles. The fraction of sp³-hybridized carbons (Fsp3) is 0.333. The van der Waals surface area contributed by atoms with Crippen LogP contribution < -0.4 is 14.8 Å². The number of aromatic nitrogens is 1. The van der Waals surface area contributed by atoms with Crippen LogP contribution in [-0.4, -0.2) is 24.1 Å². The van der Waals surface area contributed by atoms with Crippen molar-refractivity contribution in [1.29, 1.82) is 0 Å². The highest BCUT2D eigenvalue weighted by atomic mass is 16.5. The molecule has 5 nitrogen and oxygen atoms in total. The summed E-state index contributed by atoms with van der Waals surface area (Å²) >= 11 is 0. The second-order valence-electron chi connectivity index (χ2n) is 4.93. The molecule has 0 unspecified atom stereocenters. The zero-order valence-electron chi connectivity index (χ0n) is 13.5. The molecule has 0 spiro atoms. The Kier molecular flexibility index (Phi) is 6.41. The lowest BCUT2D eigenvalue weighted by molar-refractivity contribution is -0.116. The maximum Gasteiger partial charge on any atom is 0.224 e. The summed E-state index contributed by atoms with van der Waals surface area (Å²) in [5.41, 5.74) is 1.67. The van der Waals surface area contributed by atoms with Gasteiger partial charge >= 0.3 is 0 Å². The molecule has 0 bridgehead atoms. The van der Waals surface area contributed by atoms with Crippen LogP contribution >= 0.6 is 0 Å². The third kappa shape index (κ3) is 5.29. The summed E-state index contributed by atoms with van der Waals surface area (Å²) < 4.78 is 11.0. The molecule has 5 heteroatoms. The number of amides is 1. The number of benzene rings is 1. The van der Waals surface area contributed by atoms with E-state index in [0.29, 0.717) is 43.2 Å². The van der Waals surface area contributed by atoms with Gasteiger partial charge in [0.05, 0.1) is 18.9 Å². The maximum absolute atomic E-state index is 12.2. The monoisotopic (exact) mass is 314 g/mol. The second-order valence-corrected chi connectivity index (χ2v) is 4.93. The van der Waals surface area contributed by atoms with Crippen molar-refractivity contribution < 1.29 is 14.3 Å². The van der Waals surface area contributed by atoms with Crippen molar-refractivity contribution >= 4 is 11.6 Å². The van der Waals surface area contributed by atoms with Gasteiger partial charge in [-0.25, -0.2) is 0 Å². The molecule has 0 aliphatic rings. The van der Waals surface area contributed by atoms with Crippen molar-refractivity contribution in [3.63, 3.8) is 0 Å². The first kappa shape index (κ1) is 16.8. The Hall–Kier alpha value is -2.56. The molecule has 122 valence electrons. The van der Waals surface area contributed by atoms with Crippen LogP contribution in [0.4, 0.5) is 5.69 Å². The van der Waals surface area contributed by atoms with Gasteiger partial charge in [0.25, 0.3) is 0 Å². The van der Waals surface area contributed by atoms with Gasteiger partial charge < -0.3 is 14.8 Å². The van der Waals surface area contributed by atoms with Gasteiger partial charge in [0.2, 0.25) is 5.91 Å². The molecule has 2 rings (SSSR count). The van der Waals surface area contributed by atoms with Crippen molar-refractivity contribution in [3.8, 4) is 11.5 Å². The van der Waals surface area contributed by atoms with E-state index in [1.54, 1.807) is 18.5 Å². The van der Waals surface area contributed by atoms with Gasteiger partial charge in [0.1, 0.15) is 11.5 Å². The lowest BCUT2D eigenvalue weighted by Gasteiger charge is -2.13. The molecule has 2 aromatic rings. The third-order valence-electron chi connectivity index (χ3n) is 3.20. The number of aryl methyl sites for hydroxylation is 1. The third-order valence-corrected chi connectivity index (χ3v) is 3.20. The average Bonchev–Trinajstić information content (AvgIpc) is 2.57. The summed E-state index contributed by atoms with van der Waals surface area (Å²) in [5.74, 6) is 1.28. The molecule has 1 heterocycles. The average molecular weight is 314 g/mol. The molecular formula is C18H22N2O3. The summed E-state index contributed by atoms with van der Waals surface area (Å²) in [4.78, 5) is 16.2. The molecule has 0 atom stereocenters. The first-order chi connectivity index (χ1) is 11.2. The van der Waals surface area contributed by atoms with Crippen molar-refractivity contribution in [3.05, 3.63) is 48.3 Å². The number of anilines is 1. The Labute approximate surface area is 136 Å². The van der Waals surface area contributed by atoms with E-state index in [0.717, 1.165) is 5.56 Å². The van der Waals surface area contributed by atoms with Crippen LogP contribution in [-0.2, 0) is 11.2 Å². The van der Waals surface area contributed by atoms with E-state index in [9.17, 15) is 4.79 Å². The number of hydrogen-bond acceptors (Lipinski definition) is 4. The maximum atomic E-state index is 12.2. The molecule has 0 aliphatic carbocycles. The zero-order chi connectivity index (χ0) is 16.5. The van der Waals surface area contributed by atoms with Crippen LogP contribution in [0.2, 0.25) is 0 Å². The van der Waals surface area contributed by atoms with Gasteiger partial charge in [-0.2, -0.15) is 0 Å². The highest BCUT2D eigenvalue weighted by molar-refractivity contribution is 5.92. The number of nitrogens with one attached hydrogen (secondary N) is 1. The standard InChI is InChI=1S/C18H22N2O3/c1-3-22-15-8-9-17(23-4-2)16(12-15)20-18(21)10-7-14-6-5-11-19-13-14/h5-6,8-9,11-13H,3-4,7,10H2,1-2H3,(H,20,21). The molecule has 0 aliphatic heterocycles. The van der Waals surface area contributed by atoms with Crippen LogP contribution in [0.15, 0.2) is 42.7 Å². The SMILES string of the molecule is CCOc1ccc(OCC)c(NC(=O)CCc2cccnc2)c1. The Morgan fingerprint density at radius 2 is 2.00 bits per heavy atom. The van der Waals surface area contributed by atoms with Gasteiger partial charge in [0.15, 0.2) is 0 Å². The largest absolute Gasteiger partial charge is 0.494 e. The molecule has 1 aromatic heterocycles. The van der Waals surface area contributed by atoms with Gasteiger partial charge in [-0.1, -0.05) is 6.07 Å². The van der Waals surface area contributed by atoms with Gasteiger partial charge in [0, 0.05) is 24.9 Å². The van der Waals surface area contributed by atoms with E-state index in [-0.39, 0.29) is 5.91 Å².